The molecule has 0 radical (unpaired) electrons. The predicted molar refractivity (Wildman–Crippen MR) is 132 cm³/mol. The SMILES string of the molecule is Cc1ccc(OCc2ccccc2)c([C@H](CCN(C(C)C)C(C)C)c2ccccc2)c1. The third kappa shape index (κ3) is 6.45. The molecule has 0 aromatic heterocycles. The van der Waals surface area contributed by atoms with Crippen LogP contribution in [0.2, 0.25) is 0 Å². The average Bonchev–Trinajstić information content (AvgIpc) is 2.76. The van der Waals surface area contributed by atoms with Crippen molar-refractivity contribution in [1.82, 2.24) is 4.90 Å². The summed E-state index contributed by atoms with van der Waals surface area (Å²) in [7, 11) is 0. The Morgan fingerprint density at radius 1 is 0.774 bits per heavy atom. The van der Waals surface area contributed by atoms with Crippen LogP contribution >= 0.6 is 0 Å². The molecule has 0 bridgehead atoms. The minimum atomic E-state index is 0.298. The van der Waals surface area contributed by atoms with Gasteiger partial charge in [-0.25, -0.2) is 0 Å². The molecule has 0 aliphatic carbocycles. The maximum Gasteiger partial charge on any atom is 0.123 e. The lowest BCUT2D eigenvalue weighted by molar-refractivity contribution is 0.170. The van der Waals surface area contributed by atoms with E-state index in [9.17, 15) is 0 Å². The molecule has 0 aliphatic heterocycles. The quantitative estimate of drug-likeness (QED) is 0.347. The van der Waals surface area contributed by atoms with Crippen molar-refractivity contribution in [1.29, 1.82) is 0 Å². The van der Waals surface area contributed by atoms with E-state index in [1.54, 1.807) is 0 Å². The molecule has 0 N–H and O–H groups in total. The summed E-state index contributed by atoms with van der Waals surface area (Å²) in [4.78, 5) is 2.58. The molecular formula is C29H37NO. The molecule has 0 unspecified atom stereocenters. The molecule has 2 heteroatoms. The Morgan fingerprint density at radius 2 is 1.39 bits per heavy atom. The molecule has 2 nitrogen and oxygen atoms in total. The van der Waals surface area contributed by atoms with E-state index in [1.165, 1.54) is 22.3 Å². The number of nitrogens with zero attached hydrogens (tertiary/aromatic N) is 1. The van der Waals surface area contributed by atoms with Crippen molar-refractivity contribution >= 4 is 0 Å². The van der Waals surface area contributed by atoms with E-state index >= 15 is 0 Å². The lowest BCUT2D eigenvalue weighted by Crippen LogP contribution is -2.38. The maximum absolute atomic E-state index is 6.37. The maximum atomic E-state index is 6.37. The van der Waals surface area contributed by atoms with Gasteiger partial charge >= 0.3 is 0 Å². The molecule has 0 saturated carbocycles. The second-order valence-corrected chi connectivity index (χ2v) is 8.99. The molecular weight excluding hydrogens is 378 g/mol. The molecule has 0 heterocycles. The topological polar surface area (TPSA) is 12.5 Å². The van der Waals surface area contributed by atoms with E-state index in [1.807, 2.05) is 6.07 Å². The van der Waals surface area contributed by atoms with Crippen LogP contribution in [0.5, 0.6) is 5.75 Å². The van der Waals surface area contributed by atoms with Crippen LogP contribution in [0.15, 0.2) is 78.9 Å². The molecule has 0 aliphatic rings. The Bertz CT molecular complexity index is 910. The predicted octanol–water partition coefficient (Wildman–Crippen LogP) is 7.21. The fourth-order valence-corrected chi connectivity index (χ4v) is 4.38. The second kappa shape index (κ2) is 11.2. The number of aryl methyl sites for hydroxylation is 1. The van der Waals surface area contributed by atoms with Gasteiger partial charge in [0.1, 0.15) is 12.4 Å². The van der Waals surface area contributed by atoms with Gasteiger partial charge < -0.3 is 4.74 Å². The Labute approximate surface area is 188 Å². The first kappa shape index (κ1) is 23.1. The second-order valence-electron chi connectivity index (χ2n) is 8.99. The van der Waals surface area contributed by atoms with Crippen LogP contribution in [0.4, 0.5) is 0 Å². The first-order valence-electron chi connectivity index (χ1n) is 11.5. The Hall–Kier alpha value is -2.58. The van der Waals surface area contributed by atoms with Gasteiger partial charge in [0, 0.05) is 23.6 Å². The summed E-state index contributed by atoms with van der Waals surface area (Å²) in [6.45, 7) is 13.0. The van der Waals surface area contributed by atoms with Gasteiger partial charge in [0.2, 0.25) is 0 Å². The molecule has 1 atom stereocenters. The van der Waals surface area contributed by atoms with E-state index in [4.69, 9.17) is 4.74 Å². The van der Waals surface area contributed by atoms with Crippen LogP contribution in [-0.4, -0.2) is 23.5 Å². The molecule has 0 fully saturated rings. The molecule has 0 spiro atoms. The fourth-order valence-electron chi connectivity index (χ4n) is 4.38. The smallest absolute Gasteiger partial charge is 0.123 e. The third-order valence-corrected chi connectivity index (χ3v) is 5.98. The molecule has 31 heavy (non-hydrogen) atoms. The normalized spacial score (nSPS) is 12.5. The van der Waals surface area contributed by atoms with Gasteiger partial charge in [0.15, 0.2) is 0 Å². The van der Waals surface area contributed by atoms with Crippen molar-refractivity contribution in [3.8, 4) is 5.75 Å². The summed E-state index contributed by atoms with van der Waals surface area (Å²) in [6, 6.07) is 29.0. The van der Waals surface area contributed by atoms with E-state index < -0.39 is 0 Å². The number of hydrogen-bond acceptors (Lipinski definition) is 2. The minimum absolute atomic E-state index is 0.298. The highest BCUT2D eigenvalue weighted by atomic mass is 16.5. The first-order chi connectivity index (χ1) is 15.0. The van der Waals surface area contributed by atoms with Crippen LogP contribution in [0.3, 0.4) is 0 Å². The molecule has 3 aromatic rings. The Kier molecular flexibility index (Phi) is 8.31. The number of benzene rings is 3. The summed E-state index contributed by atoms with van der Waals surface area (Å²) in [5, 5.41) is 0. The van der Waals surface area contributed by atoms with Crippen molar-refractivity contribution < 1.29 is 4.74 Å². The highest BCUT2D eigenvalue weighted by molar-refractivity contribution is 5.44. The number of hydrogen-bond donors (Lipinski definition) is 0. The van der Waals surface area contributed by atoms with Gasteiger partial charge in [-0.05, 0) is 64.8 Å². The highest BCUT2D eigenvalue weighted by Crippen LogP contribution is 2.36. The number of ether oxygens (including phenoxy) is 1. The first-order valence-corrected chi connectivity index (χ1v) is 11.5. The van der Waals surface area contributed by atoms with E-state index in [0.717, 1.165) is 18.7 Å². The van der Waals surface area contributed by atoms with Crippen LogP contribution in [-0.2, 0) is 6.61 Å². The van der Waals surface area contributed by atoms with E-state index in [2.05, 4.69) is 112 Å². The zero-order valence-electron chi connectivity index (χ0n) is 19.7. The third-order valence-electron chi connectivity index (χ3n) is 5.98. The van der Waals surface area contributed by atoms with Gasteiger partial charge in [0.05, 0.1) is 0 Å². The lowest BCUT2D eigenvalue weighted by atomic mass is 9.86. The lowest BCUT2D eigenvalue weighted by Gasteiger charge is -2.32. The zero-order chi connectivity index (χ0) is 22.2. The summed E-state index contributed by atoms with van der Waals surface area (Å²) in [5.41, 5.74) is 5.10. The van der Waals surface area contributed by atoms with Gasteiger partial charge in [-0.3, -0.25) is 4.90 Å². The molecule has 164 valence electrons. The van der Waals surface area contributed by atoms with Crippen molar-refractivity contribution in [2.24, 2.45) is 0 Å². The van der Waals surface area contributed by atoms with Crippen molar-refractivity contribution in [3.05, 3.63) is 101 Å². The van der Waals surface area contributed by atoms with Crippen LogP contribution in [0.1, 0.15) is 62.3 Å². The highest BCUT2D eigenvalue weighted by Gasteiger charge is 2.22. The summed E-state index contributed by atoms with van der Waals surface area (Å²) >= 11 is 0. The molecule has 0 amide bonds. The Balaban J connectivity index is 1.91. The van der Waals surface area contributed by atoms with Crippen molar-refractivity contribution in [2.75, 3.05) is 6.54 Å². The monoisotopic (exact) mass is 415 g/mol. The van der Waals surface area contributed by atoms with E-state index in [0.29, 0.717) is 24.6 Å². The van der Waals surface area contributed by atoms with Crippen LogP contribution in [0.25, 0.3) is 0 Å². The minimum Gasteiger partial charge on any atom is -0.489 e. The van der Waals surface area contributed by atoms with Crippen LogP contribution in [0, 0.1) is 6.92 Å². The van der Waals surface area contributed by atoms with Gasteiger partial charge in [-0.2, -0.15) is 0 Å². The van der Waals surface area contributed by atoms with Crippen molar-refractivity contribution in [3.63, 3.8) is 0 Å². The molecule has 3 aromatic carbocycles. The summed E-state index contributed by atoms with van der Waals surface area (Å²) in [5.74, 6) is 1.29. The molecule has 0 saturated heterocycles. The van der Waals surface area contributed by atoms with Gasteiger partial charge in [-0.1, -0.05) is 78.4 Å². The zero-order valence-corrected chi connectivity index (χ0v) is 19.7. The summed E-state index contributed by atoms with van der Waals surface area (Å²) < 4.78 is 6.37. The average molecular weight is 416 g/mol. The van der Waals surface area contributed by atoms with Crippen molar-refractivity contribution in [2.45, 2.75) is 65.6 Å². The summed E-state index contributed by atoms with van der Waals surface area (Å²) in [6.07, 6.45) is 1.06. The molecule has 3 rings (SSSR count). The largest absolute Gasteiger partial charge is 0.489 e. The van der Waals surface area contributed by atoms with E-state index in [-0.39, 0.29) is 0 Å². The van der Waals surface area contributed by atoms with Gasteiger partial charge in [-0.15, -0.1) is 0 Å². The standard InChI is InChI=1S/C29H37NO/c1-22(2)30(23(3)4)19-18-27(26-14-10-7-11-15-26)28-20-24(5)16-17-29(28)31-21-25-12-8-6-9-13-25/h6-17,20,22-23,27H,18-19,21H2,1-5H3/t27-/m1/s1. The van der Waals surface area contributed by atoms with Gasteiger partial charge in [0.25, 0.3) is 0 Å². The fraction of sp³-hybridized carbons (Fsp3) is 0.379. The van der Waals surface area contributed by atoms with Crippen LogP contribution < -0.4 is 4.74 Å². The number of rotatable bonds is 10. The Morgan fingerprint density at radius 3 is 2.00 bits per heavy atom.